The Hall–Kier alpha value is -3.65. The van der Waals surface area contributed by atoms with Gasteiger partial charge in [0.1, 0.15) is 6.04 Å². The molecule has 1 aromatic heterocycles. The summed E-state index contributed by atoms with van der Waals surface area (Å²) in [5.41, 5.74) is 1.72. The van der Waals surface area contributed by atoms with E-state index in [1.165, 1.54) is 16.2 Å². The summed E-state index contributed by atoms with van der Waals surface area (Å²) in [6.45, 7) is 0. The van der Waals surface area contributed by atoms with E-state index in [0.717, 1.165) is 0 Å². The third-order valence-corrected chi connectivity index (χ3v) is 8.10. The quantitative estimate of drug-likeness (QED) is 0.239. The molecule has 4 unspecified atom stereocenters. The Morgan fingerprint density at radius 3 is 1.95 bits per heavy atom. The molecule has 0 spiro atoms. The molecule has 4 aromatic rings. The summed E-state index contributed by atoms with van der Waals surface area (Å²) in [6, 6.07) is 23.0. The van der Waals surface area contributed by atoms with Gasteiger partial charge < -0.3 is 15.3 Å². The molecule has 1 aliphatic rings. The lowest BCUT2D eigenvalue weighted by atomic mass is 9.77. The van der Waals surface area contributed by atoms with Crippen LogP contribution in [0.3, 0.4) is 0 Å². The fourth-order valence-electron chi connectivity index (χ4n) is 5.14. The van der Waals surface area contributed by atoms with E-state index in [4.69, 9.17) is 23.2 Å². The molecule has 2 heterocycles. The van der Waals surface area contributed by atoms with Crippen LogP contribution in [0.2, 0.25) is 10.0 Å². The highest BCUT2D eigenvalue weighted by atomic mass is 35.5. The minimum atomic E-state index is -1.34. The molecule has 0 bridgehead atoms. The Labute approximate surface area is 233 Å². The Morgan fingerprint density at radius 2 is 1.39 bits per heavy atom. The molecule has 4 atom stereocenters. The smallest absolute Gasteiger partial charge is 0.327 e. The molecule has 0 radical (unpaired) electrons. The summed E-state index contributed by atoms with van der Waals surface area (Å²) in [4.78, 5) is 42.7. The van der Waals surface area contributed by atoms with Gasteiger partial charge in [-0.2, -0.15) is 0 Å². The number of carbonyl (C=O) groups is 3. The van der Waals surface area contributed by atoms with Gasteiger partial charge in [0.2, 0.25) is 0 Å². The summed E-state index contributed by atoms with van der Waals surface area (Å²) in [7, 11) is 0. The molecule has 0 saturated carbocycles. The Morgan fingerprint density at radius 1 is 0.789 bits per heavy atom. The van der Waals surface area contributed by atoms with Gasteiger partial charge >= 0.3 is 12.0 Å². The number of urea groups is 1. The van der Waals surface area contributed by atoms with E-state index in [1.807, 2.05) is 6.07 Å². The van der Waals surface area contributed by atoms with E-state index in [9.17, 15) is 19.5 Å². The van der Waals surface area contributed by atoms with Crippen LogP contribution in [0.15, 0.2) is 96.4 Å². The molecular weight excluding hydrogens is 543 g/mol. The van der Waals surface area contributed by atoms with E-state index in [1.54, 1.807) is 90.3 Å². The molecular formula is C29H22Cl2N2O4S. The van der Waals surface area contributed by atoms with Crippen LogP contribution in [-0.2, 0) is 4.79 Å². The second-order valence-electron chi connectivity index (χ2n) is 8.93. The maximum Gasteiger partial charge on any atom is 0.327 e. The van der Waals surface area contributed by atoms with Gasteiger partial charge in [-0.25, -0.2) is 9.59 Å². The normalized spacial score (nSPS) is 20.7. The number of hydrogen-bond acceptors (Lipinski definition) is 4. The molecule has 2 N–H and O–H groups in total. The van der Waals surface area contributed by atoms with Crippen LogP contribution in [0, 0.1) is 5.92 Å². The van der Waals surface area contributed by atoms with Crippen molar-refractivity contribution in [3.05, 3.63) is 122 Å². The fourth-order valence-corrected chi connectivity index (χ4v) is 6.10. The lowest BCUT2D eigenvalue weighted by molar-refractivity contribution is -0.142. The molecule has 0 aliphatic carbocycles. The molecule has 1 saturated heterocycles. The van der Waals surface area contributed by atoms with Crippen LogP contribution in [0.25, 0.3) is 0 Å². The highest BCUT2D eigenvalue weighted by Gasteiger charge is 2.57. The van der Waals surface area contributed by atoms with E-state index < -0.39 is 35.9 Å². The van der Waals surface area contributed by atoms with Crippen molar-refractivity contribution < 1.29 is 19.5 Å². The van der Waals surface area contributed by atoms with Crippen molar-refractivity contribution in [1.82, 2.24) is 4.90 Å². The zero-order valence-corrected chi connectivity index (χ0v) is 22.2. The Kier molecular flexibility index (Phi) is 7.51. The van der Waals surface area contributed by atoms with Crippen molar-refractivity contribution in [2.45, 2.75) is 18.0 Å². The van der Waals surface area contributed by atoms with Crippen LogP contribution < -0.4 is 5.32 Å². The number of benzene rings is 3. The standard InChI is InChI=1S/C29H22Cl2N2O4S/c30-19-12-8-17(9-13-19)23-24(27(34)22-7-4-16-38-22)25(18-10-14-20(31)15-11-18)33(26(23)28(35)36)29(37)32-21-5-2-1-3-6-21/h1-16,23-26H,(H,32,37)(H,35,36). The summed E-state index contributed by atoms with van der Waals surface area (Å²) >= 11 is 13.6. The van der Waals surface area contributed by atoms with Gasteiger partial charge in [-0.3, -0.25) is 4.79 Å². The molecule has 3 aromatic carbocycles. The highest BCUT2D eigenvalue weighted by molar-refractivity contribution is 7.12. The summed E-state index contributed by atoms with van der Waals surface area (Å²) in [5.74, 6) is -3.19. The van der Waals surface area contributed by atoms with Gasteiger partial charge in [-0.15, -0.1) is 11.3 Å². The number of anilines is 1. The van der Waals surface area contributed by atoms with E-state index in [0.29, 0.717) is 31.7 Å². The summed E-state index contributed by atoms with van der Waals surface area (Å²) < 4.78 is 0. The maximum atomic E-state index is 14.1. The average Bonchev–Trinajstić information content (AvgIpc) is 3.57. The van der Waals surface area contributed by atoms with Crippen LogP contribution in [0.5, 0.6) is 0 Å². The third kappa shape index (κ3) is 5.05. The number of carbonyl (C=O) groups excluding carboxylic acids is 2. The lowest BCUT2D eigenvalue weighted by Crippen LogP contribution is -2.45. The van der Waals surface area contributed by atoms with Gasteiger partial charge in [0.25, 0.3) is 0 Å². The van der Waals surface area contributed by atoms with E-state index in [-0.39, 0.29) is 5.78 Å². The fraction of sp³-hybridized carbons (Fsp3) is 0.138. The van der Waals surface area contributed by atoms with Crippen molar-refractivity contribution in [1.29, 1.82) is 0 Å². The molecule has 5 rings (SSSR count). The number of thiophene rings is 1. The highest BCUT2D eigenvalue weighted by Crippen LogP contribution is 2.52. The van der Waals surface area contributed by atoms with Crippen molar-refractivity contribution in [2.75, 3.05) is 5.32 Å². The van der Waals surface area contributed by atoms with Crippen LogP contribution in [0.4, 0.5) is 10.5 Å². The van der Waals surface area contributed by atoms with Gasteiger partial charge in [0, 0.05) is 21.7 Å². The predicted octanol–water partition coefficient (Wildman–Crippen LogP) is 7.38. The van der Waals surface area contributed by atoms with Crippen molar-refractivity contribution in [2.24, 2.45) is 5.92 Å². The first-order valence-corrected chi connectivity index (χ1v) is 13.4. The first-order valence-electron chi connectivity index (χ1n) is 11.8. The van der Waals surface area contributed by atoms with Crippen molar-refractivity contribution in [3.63, 3.8) is 0 Å². The average molecular weight is 565 g/mol. The number of halogens is 2. The summed E-state index contributed by atoms with van der Waals surface area (Å²) in [6.07, 6.45) is 0. The monoisotopic (exact) mass is 564 g/mol. The first kappa shape index (κ1) is 26.0. The van der Waals surface area contributed by atoms with E-state index >= 15 is 0 Å². The number of carboxylic acids is 1. The molecule has 2 amide bonds. The Balaban J connectivity index is 1.71. The number of nitrogens with one attached hydrogen (secondary N) is 1. The largest absolute Gasteiger partial charge is 0.480 e. The second-order valence-corrected chi connectivity index (χ2v) is 10.7. The topological polar surface area (TPSA) is 86.7 Å². The number of rotatable bonds is 6. The van der Waals surface area contributed by atoms with Gasteiger partial charge in [0.05, 0.1) is 16.8 Å². The van der Waals surface area contributed by atoms with Gasteiger partial charge in [-0.05, 0) is 59.0 Å². The SMILES string of the molecule is O=C(c1cccs1)C1C(c2ccc(Cl)cc2)C(C(=O)O)N(C(=O)Nc2ccccc2)C1c1ccc(Cl)cc1. The third-order valence-electron chi connectivity index (χ3n) is 6.71. The number of para-hydroxylation sites is 1. The minimum absolute atomic E-state index is 0.235. The molecule has 1 aliphatic heterocycles. The second kappa shape index (κ2) is 11.0. The van der Waals surface area contributed by atoms with Gasteiger partial charge in [0.15, 0.2) is 5.78 Å². The number of nitrogens with zero attached hydrogens (tertiary/aromatic N) is 1. The van der Waals surface area contributed by atoms with Crippen molar-refractivity contribution >= 4 is 58.0 Å². The lowest BCUT2D eigenvalue weighted by Gasteiger charge is -2.30. The molecule has 192 valence electrons. The predicted molar refractivity (Wildman–Crippen MR) is 149 cm³/mol. The van der Waals surface area contributed by atoms with Gasteiger partial charge in [-0.1, -0.05) is 71.7 Å². The number of aliphatic carboxylic acids is 1. The van der Waals surface area contributed by atoms with Crippen molar-refractivity contribution in [3.8, 4) is 0 Å². The zero-order valence-electron chi connectivity index (χ0n) is 19.8. The maximum absolute atomic E-state index is 14.1. The van der Waals surface area contributed by atoms with Crippen LogP contribution in [-0.4, -0.2) is 33.8 Å². The van der Waals surface area contributed by atoms with Crippen LogP contribution in [0.1, 0.15) is 32.8 Å². The molecule has 9 heteroatoms. The number of Topliss-reactive ketones (excluding diaryl/α,β-unsaturated/α-hetero) is 1. The minimum Gasteiger partial charge on any atom is -0.480 e. The number of ketones is 1. The number of hydrogen-bond donors (Lipinski definition) is 2. The van der Waals surface area contributed by atoms with E-state index in [2.05, 4.69) is 5.32 Å². The number of amides is 2. The number of likely N-dealkylation sites (tertiary alicyclic amines) is 1. The Bertz CT molecular complexity index is 1440. The first-order chi connectivity index (χ1) is 18.3. The molecule has 1 fully saturated rings. The molecule has 6 nitrogen and oxygen atoms in total. The van der Waals surface area contributed by atoms with Crippen LogP contribution >= 0.6 is 34.5 Å². The summed E-state index contributed by atoms with van der Waals surface area (Å²) in [5, 5.41) is 16.1. The zero-order chi connectivity index (χ0) is 26.8. The molecule has 38 heavy (non-hydrogen) atoms. The number of carboxylic acid groups (broad SMARTS) is 1.